The van der Waals surface area contributed by atoms with Crippen molar-refractivity contribution in [1.82, 2.24) is 10.3 Å². The van der Waals surface area contributed by atoms with Crippen LogP contribution in [0.4, 0.5) is 16.3 Å². The summed E-state index contributed by atoms with van der Waals surface area (Å²) in [5.74, 6) is 0.831. The van der Waals surface area contributed by atoms with Crippen LogP contribution in [0.5, 0.6) is 0 Å². The normalized spacial score (nSPS) is 14.9. The van der Waals surface area contributed by atoms with Crippen LogP contribution in [0.1, 0.15) is 49.5 Å². The molecule has 0 unspecified atom stereocenters. The highest BCUT2D eigenvalue weighted by molar-refractivity contribution is 5.97. The molecule has 1 saturated heterocycles. The van der Waals surface area contributed by atoms with Gasteiger partial charge < -0.3 is 15.0 Å². The second kappa shape index (κ2) is 9.15. The Balaban J connectivity index is 1.57. The lowest BCUT2D eigenvalue weighted by atomic mass is 10.0. The summed E-state index contributed by atoms with van der Waals surface area (Å²) in [6, 6.07) is 11.3. The maximum absolute atomic E-state index is 12.8. The SMILES string of the molecule is Cc1ccc(C(=O)NC2CCN(c3ccccn3)CC2)cc1NC(=O)OC(C)(C)C. The lowest BCUT2D eigenvalue weighted by Crippen LogP contribution is -2.45. The molecule has 3 rings (SSSR count). The minimum atomic E-state index is -0.586. The number of hydrogen-bond donors (Lipinski definition) is 2. The fourth-order valence-corrected chi connectivity index (χ4v) is 3.37. The van der Waals surface area contributed by atoms with Gasteiger partial charge in [-0.05, 0) is 70.4 Å². The maximum atomic E-state index is 12.8. The zero-order valence-corrected chi connectivity index (χ0v) is 18.1. The Labute approximate surface area is 177 Å². The number of carbonyl (C=O) groups is 2. The van der Waals surface area contributed by atoms with Gasteiger partial charge in [-0.15, -0.1) is 0 Å². The van der Waals surface area contributed by atoms with E-state index in [-0.39, 0.29) is 11.9 Å². The second-order valence-corrected chi connectivity index (χ2v) is 8.58. The van der Waals surface area contributed by atoms with Gasteiger partial charge in [0.2, 0.25) is 0 Å². The Morgan fingerprint density at radius 1 is 1.13 bits per heavy atom. The number of benzene rings is 1. The second-order valence-electron chi connectivity index (χ2n) is 8.58. The van der Waals surface area contributed by atoms with Crippen molar-refractivity contribution in [2.24, 2.45) is 0 Å². The summed E-state index contributed by atoms with van der Waals surface area (Å²) >= 11 is 0. The highest BCUT2D eigenvalue weighted by atomic mass is 16.6. The molecule has 160 valence electrons. The minimum absolute atomic E-state index is 0.112. The van der Waals surface area contributed by atoms with Gasteiger partial charge in [-0.3, -0.25) is 10.1 Å². The van der Waals surface area contributed by atoms with Crippen LogP contribution in [0.25, 0.3) is 0 Å². The summed E-state index contributed by atoms with van der Waals surface area (Å²) in [5.41, 5.74) is 1.36. The van der Waals surface area contributed by atoms with Gasteiger partial charge in [-0.25, -0.2) is 9.78 Å². The molecule has 30 heavy (non-hydrogen) atoms. The highest BCUT2D eigenvalue weighted by Crippen LogP contribution is 2.20. The molecule has 0 saturated carbocycles. The van der Waals surface area contributed by atoms with Gasteiger partial charge in [0.15, 0.2) is 0 Å². The quantitative estimate of drug-likeness (QED) is 0.792. The molecule has 7 nitrogen and oxygen atoms in total. The van der Waals surface area contributed by atoms with Gasteiger partial charge in [-0.1, -0.05) is 12.1 Å². The molecule has 0 aliphatic carbocycles. The van der Waals surface area contributed by atoms with Crippen LogP contribution in [-0.2, 0) is 4.74 Å². The third-order valence-electron chi connectivity index (χ3n) is 4.94. The van der Waals surface area contributed by atoms with Crippen molar-refractivity contribution in [2.75, 3.05) is 23.3 Å². The van der Waals surface area contributed by atoms with Crippen molar-refractivity contribution in [3.63, 3.8) is 0 Å². The van der Waals surface area contributed by atoms with Crippen molar-refractivity contribution in [3.05, 3.63) is 53.7 Å². The number of pyridine rings is 1. The molecule has 1 fully saturated rings. The van der Waals surface area contributed by atoms with E-state index < -0.39 is 11.7 Å². The van der Waals surface area contributed by atoms with Crippen molar-refractivity contribution >= 4 is 23.5 Å². The van der Waals surface area contributed by atoms with Gasteiger partial charge in [0, 0.05) is 36.6 Å². The van der Waals surface area contributed by atoms with E-state index in [9.17, 15) is 9.59 Å². The van der Waals surface area contributed by atoms with Crippen LogP contribution < -0.4 is 15.5 Å². The summed E-state index contributed by atoms with van der Waals surface area (Å²) in [4.78, 5) is 31.5. The number of piperidine rings is 1. The van der Waals surface area contributed by atoms with E-state index in [2.05, 4.69) is 20.5 Å². The predicted molar refractivity (Wildman–Crippen MR) is 118 cm³/mol. The Morgan fingerprint density at radius 3 is 2.50 bits per heavy atom. The van der Waals surface area contributed by atoms with Crippen molar-refractivity contribution in [1.29, 1.82) is 0 Å². The highest BCUT2D eigenvalue weighted by Gasteiger charge is 2.22. The molecule has 0 atom stereocenters. The van der Waals surface area contributed by atoms with Gasteiger partial charge in [0.05, 0.1) is 0 Å². The van der Waals surface area contributed by atoms with Crippen LogP contribution in [0.3, 0.4) is 0 Å². The fourth-order valence-electron chi connectivity index (χ4n) is 3.37. The van der Waals surface area contributed by atoms with E-state index in [0.717, 1.165) is 37.3 Å². The van der Waals surface area contributed by atoms with E-state index in [1.54, 1.807) is 18.3 Å². The molecule has 2 amide bonds. The van der Waals surface area contributed by atoms with E-state index in [0.29, 0.717) is 11.3 Å². The number of carbonyl (C=O) groups excluding carboxylic acids is 2. The zero-order valence-electron chi connectivity index (χ0n) is 18.1. The van der Waals surface area contributed by atoms with E-state index in [1.807, 2.05) is 52.0 Å². The molecule has 1 aliphatic rings. The first-order valence-corrected chi connectivity index (χ1v) is 10.3. The molecule has 7 heteroatoms. The van der Waals surface area contributed by atoms with Gasteiger partial charge in [0.25, 0.3) is 5.91 Å². The third kappa shape index (κ3) is 5.95. The first kappa shape index (κ1) is 21.6. The van der Waals surface area contributed by atoms with Crippen LogP contribution in [0, 0.1) is 6.92 Å². The number of rotatable bonds is 4. The molecule has 0 bridgehead atoms. The number of nitrogens with one attached hydrogen (secondary N) is 2. The number of amides is 2. The monoisotopic (exact) mass is 410 g/mol. The first-order valence-electron chi connectivity index (χ1n) is 10.3. The number of anilines is 2. The van der Waals surface area contributed by atoms with Crippen LogP contribution in [0.15, 0.2) is 42.6 Å². The smallest absolute Gasteiger partial charge is 0.412 e. The van der Waals surface area contributed by atoms with Gasteiger partial charge in [0.1, 0.15) is 11.4 Å². The molecule has 1 aliphatic heterocycles. The average Bonchev–Trinajstić information content (AvgIpc) is 2.69. The fraction of sp³-hybridized carbons (Fsp3) is 0.435. The van der Waals surface area contributed by atoms with Gasteiger partial charge in [-0.2, -0.15) is 0 Å². The molecular weight excluding hydrogens is 380 g/mol. The number of hydrogen-bond acceptors (Lipinski definition) is 5. The summed E-state index contributed by atoms with van der Waals surface area (Å²) in [6.45, 7) is 9.00. The first-order chi connectivity index (χ1) is 14.2. The Kier molecular flexibility index (Phi) is 6.59. The van der Waals surface area contributed by atoms with Crippen LogP contribution in [-0.4, -0.2) is 41.7 Å². The topological polar surface area (TPSA) is 83.6 Å². The van der Waals surface area contributed by atoms with Crippen molar-refractivity contribution in [2.45, 2.75) is 52.2 Å². The van der Waals surface area contributed by atoms with Crippen molar-refractivity contribution < 1.29 is 14.3 Å². The van der Waals surface area contributed by atoms with E-state index in [4.69, 9.17) is 4.74 Å². The molecule has 2 aromatic rings. The van der Waals surface area contributed by atoms with Gasteiger partial charge >= 0.3 is 6.09 Å². The van der Waals surface area contributed by atoms with Crippen molar-refractivity contribution in [3.8, 4) is 0 Å². The molecular formula is C23H30N4O3. The standard InChI is InChI=1S/C23H30N4O3/c1-16-8-9-17(15-19(16)26-22(29)30-23(2,3)4)21(28)25-18-10-13-27(14-11-18)20-7-5-6-12-24-20/h5-9,12,15,18H,10-11,13-14H2,1-4H3,(H,25,28)(H,26,29). The lowest BCUT2D eigenvalue weighted by molar-refractivity contribution is 0.0635. The lowest BCUT2D eigenvalue weighted by Gasteiger charge is -2.33. The largest absolute Gasteiger partial charge is 0.444 e. The van der Waals surface area contributed by atoms with Crippen LogP contribution >= 0.6 is 0 Å². The van der Waals surface area contributed by atoms with Crippen LogP contribution in [0.2, 0.25) is 0 Å². The number of aromatic nitrogens is 1. The summed E-state index contributed by atoms with van der Waals surface area (Å²) in [7, 11) is 0. The molecule has 1 aromatic heterocycles. The summed E-state index contributed by atoms with van der Waals surface area (Å²) in [6.07, 6.45) is 2.97. The Bertz CT molecular complexity index is 885. The number of ether oxygens (including phenoxy) is 1. The maximum Gasteiger partial charge on any atom is 0.412 e. The predicted octanol–water partition coefficient (Wildman–Crippen LogP) is 4.14. The Morgan fingerprint density at radius 2 is 1.87 bits per heavy atom. The van der Waals surface area contributed by atoms with E-state index in [1.165, 1.54) is 0 Å². The Hall–Kier alpha value is -3.09. The molecule has 1 aromatic carbocycles. The summed E-state index contributed by atoms with van der Waals surface area (Å²) < 4.78 is 5.30. The minimum Gasteiger partial charge on any atom is -0.444 e. The number of nitrogens with zero attached hydrogens (tertiary/aromatic N) is 2. The number of aryl methyl sites for hydroxylation is 1. The third-order valence-corrected chi connectivity index (χ3v) is 4.94. The summed E-state index contributed by atoms with van der Waals surface area (Å²) in [5, 5.41) is 5.85. The molecule has 0 radical (unpaired) electrons. The molecule has 2 heterocycles. The molecule has 0 spiro atoms. The average molecular weight is 411 g/mol. The zero-order chi connectivity index (χ0) is 21.7. The molecule has 2 N–H and O–H groups in total. The van der Waals surface area contributed by atoms with E-state index >= 15 is 0 Å².